The molecule has 3 unspecified atom stereocenters. The molecular formula is C104H80N9O3P3. The van der Waals surface area contributed by atoms with Crippen molar-refractivity contribution in [2.24, 2.45) is 0 Å². The minimum atomic E-state index is -3.19. The maximum atomic E-state index is 15.5. The molecule has 15 aromatic carbocycles. The van der Waals surface area contributed by atoms with Gasteiger partial charge in [0.05, 0.1) is 73.6 Å². The number of aryl methyl sites for hydroxylation is 3. The van der Waals surface area contributed by atoms with Crippen LogP contribution >= 0.6 is 21.4 Å². The SMILES string of the molecule is C.CCc1nc2cccc3c2n1-c1cc(-c2nc4ccccc4c4nc5ccccc5n24)ccc1P3(=O)c1ccccc1.CCc1nc2cccc3c2n1-c1cc(/C=C/c2ccccc2)ccc1P3(=O)c1ccccc1.[2H]c1c([2H])c([2H])c(-c2ccc(-c3ccc(-c4ccc5c(c4)-n4c(CC)nc6cccc(c64)P5(=O)c4ccccc4)cc3)cc2)c([2H])c1[2H]. The van der Waals surface area contributed by atoms with Crippen molar-refractivity contribution in [3.8, 4) is 61.8 Å². The number of para-hydroxylation sites is 6. The number of nitrogens with zero attached hydrogens (tertiary/aromatic N) is 9. The predicted octanol–water partition coefficient (Wildman–Crippen LogP) is 21.4. The van der Waals surface area contributed by atoms with Crippen LogP contribution in [0.25, 0.3) is 135 Å². The van der Waals surface area contributed by atoms with Crippen molar-refractivity contribution >= 4 is 142 Å². The first-order valence-electron chi connectivity index (χ1n) is 42.2. The maximum Gasteiger partial charge on any atom is 0.175 e. The summed E-state index contributed by atoms with van der Waals surface area (Å²) < 4.78 is 95.1. The molecule has 5 aromatic heterocycles. The molecule has 0 saturated carbocycles. The van der Waals surface area contributed by atoms with Crippen molar-refractivity contribution < 1.29 is 20.5 Å². The molecule has 574 valence electrons. The van der Waals surface area contributed by atoms with Gasteiger partial charge < -0.3 is 13.7 Å². The Hall–Kier alpha value is -13.7. The summed E-state index contributed by atoms with van der Waals surface area (Å²) in [5.74, 6) is 3.66. The second kappa shape index (κ2) is 29.8. The lowest BCUT2D eigenvalue weighted by molar-refractivity contribution is 0.591. The summed E-state index contributed by atoms with van der Waals surface area (Å²) in [7, 11) is -9.41. The highest BCUT2D eigenvalue weighted by atomic mass is 31.2. The highest BCUT2D eigenvalue weighted by Gasteiger charge is 2.43. The van der Waals surface area contributed by atoms with Crippen LogP contribution in [0.4, 0.5) is 0 Å². The topological polar surface area (TPSA) is 135 Å². The first-order valence-corrected chi connectivity index (χ1v) is 44.8. The van der Waals surface area contributed by atoms with Crippen LogP contribution in [0, 0.1) is 0 Å². The standard InChI is InChI=1S/C39H29N2OP.C35H24N5OP.C29H23N2OP.CH4/c1-2-38-40-34-14-9-15-37-39(34)41(38)35-26-32(24-25-36(35)43(37,42)33-12-7-4-8-13-33)31-22-20-30(21-23-31)29-18-16-28(17-19-29)27-10-5-3-6-11-27;1-2-32-36-27-16-10-18-31-33(27)39(32)29-21-22(19-20-30(29)42(31,41)23-11-4-3-5-12-23)34-37-25-14-7-6-13-24(25)35-38-26-15-8-9-17-28(26)40(34)35;1-2-28-30-24-14-9-15-27-29(24)31(28)25-20-22(17-16-21-10-5-3-6-11-21)18-19-26(25)33(27,32)23-12-7-4-8-13-23;/h3-26H,2H2,1H3;3-21H,2H2,1H3;3-20H,2H2,1H3;1H4/b;;17-16+;/i3D,5D,6D,10D,11D;;;. The summed E-state index contributed by atoms with van der Waals surface area (Å²) in [6.45, 7) is 6.33. The summed E-state index contributed by atoms with van der Waals surface area (Å²) in [6, 6.07) is 107. The van der Waals surface area contributed by atoms with Crippen molar-refractivity contribution in [1.82, 2.24) is 43.0 Å². The lowest BCUT2D eigenvalue weighted by atomic mass is 9.98. The Balaban J connectivity index is 0.000000119. The molecule has 8 heterocycles. The van der Waals surface area contributed by atoms with E-state index in [1.165, 1.54) is 0 Å². The Morgan fingerprint density at radius 2 is 0.681 bits per heavy atom. The van der Waals surface area contributed by atoms with Gasteiger partial charge in [0, 0.05) is 78.0 Å². The van der Waals surface area contributed by atoms with Crippen LogP contribution in [0.2, 0.25) is 0 Å². The van der Waals surface area contributed by atoms with Crippen LogP contribution in [0.3, 0.4) is 0 Å². The van der Waals surface area contributed by atoms with E-state index in [4.69, 9.17) is 31.8 Å². The molecule has 12 nitrogen and oxygen atoms in total. The molecule has 0 spiro atoms. The highest BCUT2D eigenvalue weighted by Crippen LogP contribution is 2.53. The molecule has 0 radical (unpaired) electrons. The molecule has 0 fully saturated rings. The zero-order valence-electron chi connectivity index (χ0n) is 69.5. The van der Waals surface area contributed by atoms with Crippen molar-refractivity contribution in [1.29, 1.82) is 0 Å². The predicted molar refractivity (Wildman–Crippen MR) is 496 cm³/mol. The molecule has 3 aliphatic heterocycles. The zero-order chi connectivity index (χ0) is 83.7. The van der Waals surface area contributed by atoms with Gasteiger partial charge in [0.2, 0.25) is 0 Å². The molecule has 0 bridgehead atoms. The summed E-state index contributed by atoms with van der Waals surface area (Å²) in [5.41, 5.74) is 19.7. The van der Waals surface area contributed by atoms with Gasteiger partial charge in [0.15, 0.2) is 21.4 Å². The van der Waals surface area contributed by atoms with Crippen LogP contribution in [-0.2, 0) is 33.0 Å². The third kappa shape index (κ3) is 11.9. The first kappa shape index (κ1) is 68.5. The van der Waals surface area contributed by atoms with E-state index in [2.05, 4.69) is 124 Å². The van der Waals surface area contributed by atoms with E-state index in [1.54, 1.807) is 12.1 Å². The smallest absolute Gasteiger partial charge is 0.175 e. The van der Waals surface area contributed by atoms with Crippen LogP contribution < -0.4 is 47.7 Å². The Labute approximate surface area is 697 Å². The minimum Gasteiger partial charge on any atom is -0.308 e. The molecule has 0 amide bonds. The number of aromatic nitrogens is 9. The lowest BCUT2D eigenvalue weighted by Gasteiger charge is -2.29. The number of rotatable bonds is 12. The van der Waals surface area contributed by atoms with E-state index >= 15 is 9.13 Å². The fraction of sp³-hybridized carbons (Fsp3) is 0.0673. The second-order valence-electron chi connectivity index (χ2n) is 29.7. The Morgan fingerprint density at radius 3 is 1.16 bits per heavy atom. The second-order valence-corrected chi connectivity index (χ2v) is 37.8. The third-order valence-electron chi connectivity index (χ3n) is 23.1. The van der Waals surface area contributed by atoms with Gasteiger partial charge in [0.1, 0.15) is 28.9 Å². The first-order chi connectivity index (χ1) is 60.1. The number of hydrogen-bond acceptors (Lipinski definition) is 8. The maximum absolute atomic E-state index is 15.5. The fourth-order valence-corrected chi connectivity index (χ4v) is 26.5. The summed E-state index contributed by atoms with van der Waals surface area (Å²) >= 11 is 0. The molecule has 0 saturated heterocycles. The van der Waals surface area contributed by atoms with Gasteiger partial charge in [-0.05, 0) is 142 Å². The molecule has 20 aromatic rings. The molecular weight excluding hydrogens is 1520 g/mol. The monoisotopic (exact) mass is 1600 g/mol. The lowest BCUT2D eigenvalue weighted by Crippen LogP contribution is -2.33. The van der Waals surface area contributed by atoms with E-state index in [0.717, 1.165) is 207 Å². The molecule has 3 aliphatic rings. The van der Waals surface area contributed by atoms with E-state index in [9.17, 15) is 4.57 Å². The van der Waals surface area contributed by atoms with Gasteiger partial charge in [-0.25, -0.2) is 24.9 Å². The van der Waals surface area contributed by atoms with Crippen molar-refractivity contribution in [3.05, 3.63) is 386 Å². The average molecular weight is 1600 g/mol. The number of fused-ring (bicyclic) bond motifs is 11. The molecule has 23 rings (SSSR count). The quantitative estimate of drug-likeness (QED) is 0.0872. The van der Waals surface area contributed by atoms with E-state index in [-0.39, 0.29) is 37.2 Å². The van der Waals surface area contributed by atoms with Gasteiger partial charge in [0.25, 0.3) is 0 Å². The van der Waals surface area contributed by atoms with Gasteiger partial charge in [-0.15, -0.1) is 0 Å². The van der Waals surface area contributed by atoms with Crippen LogP contribution in [0.15, 0.2) is 358 Å². The third-order valence-corrected chi connectivity index (χ3v) is 32.4. The van der Waals surface area contributed by atoms with Crippen LogP contribution in [0.1, 0.15) is 63.7 Å². The Kier molecular flexibility index (Phi) is 17.1. The van der Waals surface area contributed by atoms with Crippen molar-refractivity contribution in [2.75, 3.05) is 0 Å². The van der Waals surface area contributed by atoms with Crippen molar-refractivity contribution in [3.63, 3.8) is 0 Å². The van der Waals surface area contributed by atoms with E-state index < -0.39 is 27.5 Å². The fourth-order valence-electron chi connectivity index (χ4n) is 17.6. The minimum absolute atomic E-state index is 0. The molecule has 0 N–H and O–H groups in total. The van der Waals surface area contributed by atoms with Crippen LogP contribution in [0.5, 0.6) is 0 Å². The molecule has 15 heteroatoms. The summed E-state index contributed by atoms with van der Waals surface area (Å²) in [5, 5.41) is 8.52. The van der Waals surface area contributed by atoms with E-state index in [1.807, 2.05) is 243 Å². The van der Waals surface area contributed by atoms with Crippen LogP contribution in [-0.4, -0.2) is 43.0 Å². The highest BCUT2D eigenvalue weighted by molar-refractivity contribution is 7.87. The van der Waals surface area contributed by atoms with Gasteiger partial charge >= 0.3 is 0 Å². The normalized spacial score (nSPS) is 16.5. The Bertz CT molecular complexity index is 7900. The Morgan fingerprint density at radius 1 is 0.311 bits per heavy atom. The number of hydrogen-bond donors (Lipinski definition) is 0. The molecule has 3 atom stereocenters. The van der Waals surface area contributed by atoms with Gasteiger partial charge in [-0.3, -0.25) is 18.1 Å². The average Bonchev–Trinajstić information content (AvgIpc) is 1.44. The zero-order valence-corrected chi connectivity index (χ0v) is 67.2. The summed E-state index contributed by atoms with van der Waals surface area (Å²) in [4.78, 5) is 25.1. The molecule has 119 heavy (non-hydrogen) atoms. The van der Waals surface area contributed by atoms with E-state index in [0.29, 0.717) is 5.56 Å². The number of imidazole rings is 4. The molecule has 0 aliphatic carbocycles. The van der Waals surface area contributed by atoms with Gasteiger partial charge in [-0.2, -0.15) is 0 Å². The summed E-state index contributed by atoms with van der Waals surface area (Å²) in [6.07, 6.45) is 6.51. The number of benzene rings is 15. The van der Waals surface area contributed by atoms with Gasteiger partial charge in [-0.1, -0.05) is 301 Å². The largest absolute Gasteiger partial charge is 0.308 e. The van der Waals surface area contributed by atoms with Crippen molar-refractivity contribution in [2.45, 2.75) is 47.5 Å².